The highest BCUT2D eigenvalue weighted by atomic mass is 16.5. The molecule has 1 fully saturated rings. The first kappa shape index (κ1) is 22.4. The number of nitrogens with zero attached hydrogens (tertiary/aromatic N) is 3. The number of piperazine rings is 1. The third-order valence-corrected chi connectivity index (χ3v) is 5.62. The van der Waals surface area contributed by atoms with Gasteiger partial charge in [-0.1, -0.05) is 30.3 Å². The Bertz CT molecular complexity index is 786. The van der Waals surface area contributed by atoms with Crippen molar-refractivity contribution in [2.45, 2.75) is 19.3 Å². The maximum Gasteiger partial charge on any atom is 0.190 e. The number of likely N-dealkylation sites (N-methyl/N-ethyl adjacent to an activating group) is 1. The van der Waals surface area contributed by atoms with Crippen molar-refractivity contribution in [2.24, 2.45) is 4.99 Å². The molecule has 0 atom stereocenters. The van der Waals surface area contributed by atoms with Gasteiger partial charge in [0.2, 0.25) is 0 Å². The van der Waals surface area contributed by atoms with Crippen molar-refractivity contribution >= 4 is 16.7 Å². The van der Waals surface area contributed by atoms with Gasteiger partial charge in [-0.3, -0.25) is 4.99 Å². The van der Waals surface area contributed by atoms with E-state index in [0.717, 1.165) is 37.6 Å². The van der Waals surface area contributed by atoms with Crippen LogP contribution in [-0.2, 0) is 0 Å². The van der Waals surface area contributed by atoms with Gasteiger partial charge in [-0.25, -0.2) is 0 Å². The summed E-state index contributed by atoms with van der Waals surface area (Å²) < 4.78 is 5.90. The molecule has 0 saturated carbocycles. The van der Waals surface area contributed by atoms with E-state index in [1.807, 2.05) is 13.1 Å². The molecule has 0 bridgehead atoms. The van der Waals surface area contributed by atoms with E-state index < -0.39 is 0 Å². The monoisotopic (exact) mass is 411 g/mol. The number of ether oxygens (including phenoxy) is 1. The molecule has 6 nitrogen and oxygen atoms in total. The van der Waals surface area contributed by atoms with E-state index in [2.05, 4.69) is 68.9 Å². The number of hydrogen-bond donors (Lipinski definition) is 2. The SMILES string of the molecule is CN=C(NCCCCN1CCN(C)CC1)NCCCOc1ccc2ccccc2c1. The minimum Gasteiger partial charge on any atom is -0.494 e. The van der Waals surface area contributed by atoms with Crippen molar-refractivity contribution in [2.75, 3.05) is 66.5 Å². The smallest absolute Gasteiger partial charge is 0.190 e. The molecule has 164 valence electrons. The lowest BCUT2D eigenvalue weighted by atomic mass is 10.1. The summed E-state index contributed by atoms with van der Waals surface area (Å²) in [6.07, 6.45) is 3.32. The molecule has 1 heterocycles. The molecule has 0 amide bonds. The normalized spacial score (nSPS) is 16.0. The van der Waals surface area contributed by atoms with E-state index in [1.54, 1.807) is 0 Å². The molecule has 30 heavy (non-hydrogen) atoms. The summed E-state index contributed by atoms with van der Waals surface area (Å²) in [5.41, 5.74) is 0. The van der Waals surface area contributed by atoms with Crippen LogP contribution >= 0.6 is 0 Å². The van der Waals surface area contributed by atoms with E-state index in [9.17, 15) is 0 Å². The molecule has 0 radical (unpaired) electrons. The first-order valence-electron chi connectivity index (χ1n) is 11.2. The summed E-state index contributed by atoms with van der Waals surface area (Å²) in [6.45, 7) is 8.48. The van der Waals surface area contributed by atoms with Crippen molar-refractivity contribution in [3.63, 3.8) is 0 Å². The number of unbranched alkanes of at least 4 members (excludes halogenated alkanes) is 1. The topological polar surface area (TPSA) is 52.1 Å². The van der Waals surface area contributed by atoms with Gasteiger partial charge in [-0.2, -0.15) is 0 Å². The second-order valence-corrected chi connectivity index (χ2v) is 7.99. The summed E-state index contributed by atoms with van der Waals surface area (Å²) in [7, 11) is 4.03. The van der Waals surface area contributed by atoms with Crippen LogP contribution in [0.1, 0.15) is 19.3 Å². The maximum atomic E-state index is 5.90. The van der Waals surface area contributed by atoms with Crippen LogP contribution in [-0.4, -0.2) is 82.3 Å². The highest BCUT2D eigenvalue weighted by molar-refractivity contribution is 5.83. The van der Waals surface area contributed by atoms with Crippen molar-refractivity contribution < 1.29 is 4.74 Å². The van der Waals surface area contributed by atoms with E-state index in [-0.39, 0.29) is 0 Å². The van der Waals surface area contributed by atoms with Crippen LogP contribution in [0.4, 0.5) is 0 Å². The van der Waals surface area contributed by atoms with Gasteiger partial charge in [0.05, 0.1) is 6.61 Å². The third-order valence-electron chi connectivity index (χ3n) is 5.62. The van der Waals surface area contributed by atoms with Gasteiger partial charge in [0.1, 0.15) is 5.75 Å². The highest BCUT2D eigenvalue weighted by Gasteiger charge is 2.12. The van der Waals surface area contributed by atoms with E-state index >= 15 is 0 Å². The molecular formula is C24H37N5O. The van der Waals surface area contributed by atoms with Crippen LogP contribution in [0.25, 0.3) is 10.8 Å². The lowest BCUT2D eigenvalue weighted by Gasteiger charge is -2.32. The second-order valence-electron chi connectivity index (χ2n) is 7.99. The van der Waals surface area contributed by atoms with Crippen LogP contribution in [0, 0.1) is 0 Å². The fourth-order valence-corrected chi connectivity index (χ4v) is 3.69. The second kappa shape index (κ2) is 12.4. The Morgan fingerprint density at radius 2 is 1.67 bits per heavy atom. The van der Waals surface area contributed by atoms with E-state index in [4.69, 9.17) is 4.74 Å². The molecule has 1 aliphatic heterocycles. The first-order chi connectivity index (χ1) is 14.7. The largest absolute Gasteiger partial charge is 0.494 e. The molecule has 2 aromatic carbocycles. The summed E-state index contributed by atoms with van der Waals surface area (Å²) in [4.78, 5) is 9.29. The Labute approximate surface area is 181 Å². The van der Waals surface area contributed by atoms with Crippen molar-refractivity contribution in [1.82, 2.24) is 20.4 Å². The van der Waals surface area contributed by atoms with Gasteiger partial charge in [-0.15, -0.1) is 0 Å². The molecule has 2 aromatic rings. The predicted octanol–water partition coefficient (Wildman–Crippen LogP) is 2.80. The summed E-state index contributed by atoms with van der Waals surface area (Å²) in [6, 6.07) is 14.6. The predicted molar refractivity (Wildman–Crippen MR) is 127 cm³/mol. The molecule has 0 aliphatic carbocycles. The van der Waals surface area contributed by atoms with Gasteiger partial charge in [0.15, 0.2) is 5.96 Å². The van der Waals surface area contributed by atoms with E-state index in [0.29, 0.717) is 6.61 Å². The number of benzene rings is 2. The molecule has 0 spiro atoms. The van der Waals surface area contributed by atoms with Gasteiger partial charge < -0.3 is 25.2 Å². The molecule has 3 rings (SSSR count). The Hall–Kier alpha value is -2.31. The average molecular weight is 412 g/mol. The maximum absolute atomic E-state index is 5.90. The number of nitrogens with one attached hydrogen (secondary N) is 2. The minimum atomic E-state index is 0.688. The summed E-state index contributed by atoms with van der Waals surface area (Å²) in [5.74, 6) is 1.80. The van der Waals surface area contributed by atoms with Crippen LogP contribution in [0.3, 0.4) is 0 Å². The van der Waals surface area contributed by atoms with Gasteiger partial charge in [-0.05, 0) is 55.8 Å². The lowest BCUT2D eigenvalue weighted by molar-refractivity contribution is 0.152. The van der Waals surface area contributed by atoms with E-state index in [1.165, 1.54) is 49.9 Å². The first-order valence-corrected chi connectivity index (χ1v) is 11.2. The number of hydrogen-bond acceptors (Lipinski definition) is 4. The van der Waals surface area contributed by atoms with Crippen LogP contribution < -0.4 is 15.4 Å². The zero-order valence-electron chi connectivity index (χ0n) is 18.6. The summed E-state index contributed by atoms with van der Waals surface area (Å²) in [5, 5.41) is 9.24. The molecular weight excluding hydrogens is 374 g/mol. The molecule has 1 saturated heterocycles. The van der Waals surface area contributed by atoms with Crippen LogP contribution in [0.5, 0.6) is 5.75 Å². The number of fused-ring (bicyclic) bond motifs is 1. The lowest BCUT2D eigenvalue weighted by Crippen LogP contribution is -2.44. The minimum absolute atomic E-state index is 0.688. The van der Waals surface area contributed by atoms with Crippen molar-refractivity contribution in [3.05, 3.63) is 42.5 Å². The van der Waals surface area contributed by atoms with Gasteiger partial charge in [0.25, 0.3) is 0 Å². The molecule has 1 aliphatic rings. The third kappa shape index (κ3) is 7.50. The fraction of sp³-hybridized carbons (Fsp3) is 0.542. The zero-order chi connectivity index (χ0) is 21.0. The number of rotatable bonds is 10. The molecule has 6 heteroatoms. The number of guanidine groups is 1. The molecule has 0 unspecified atom stereocenters. The van der Waals surface area contributed by atoms with Crippen molar-refractivity contribution in [1.29, 1.82) is 0 Å². The standard InChI is InChI=1S/C24H37N5O/c1-25-24(26-12-5-6-14-29-17-15-28(2)16-18-29)27-13-7-19-30-23-11-10-21-8-3-4-9-22(21)20-23/h3-4,8-11,20H,5-7,12-19H2,1-2H3,(H2,25,26,27). The Morgan fingerprint density at radius 3 is 2.43 bits per heavy atom. The number of aliphatic imine (C=N–C) groups is 1. The highest BCUT2D eigenvalue weighted by Crippen LogP contribution is 2.20. The van der Waals surface area contributed by atoms with Crippen LogP contribution in [0.2, 0.25) is 0 Å². The van der Waals surface area contributed by atoms with Gasteiger partial charge in [0, 0.05) is 46.3 Å². The quantitative estimate of drug-likeness (QED) is 0.358. The van der Waals surface area contributed by atoms with Crippen LogP contribution in [0.15, 0.2) is 47.5 Å². The Kier molecular flexibility index (Phi) is 9.25. The Morgan fingerprint density at radius 1 is 0.933 bits per heavy atom. The summed E-state index contributed by atoms with van der Waals surface area (Å²) >= 11 is 0. The van der Waals surface area contributed by atoms with Gasteiger partial charge >= 0.3 is 0 Å². The fourth-order valence-electron chi connectivity index (χ4n) is 3.69. The average Bonchev–Trinajstić information content (AvgIpc) is 2.78. The molecule has 0 aromatic heterocycles. The zero-order valence-corrected chi connectivity index (χ0v) is 18.6. The Balaban J connectivity index is 1.23. The molecule has 2 N–H and O–H groups in total. The van der Waals surface area contributed by atoms with Crippen molar-refractivity contribution in [3.8, 4) is 5.75 Å².